The summed E-state index contributed by atoms with van der Waals surface area (Å²) in [7, 11) is 4.40. The van der Waals surface area contributed by atoms with Gasteiger partial charge in [0.15, 0.2) is 0 Å². The van der Waals surface area contributed by atoms with Crippen molar-refractivity contribution in [2.24, 2.45) is 5.41 Å². The van der Waals surface area contributed by atoms with E-state index in [1.165, 1.54) is 12.0 Å². The molecule has 0 aromatic heterocycles. The van der Waals surface area contributed by atoms with Gasteiger partial charge in [-0.2, -0.15) is 0 Å². The second kappa shape index (κ2) is 8.46. The molecule has 1 heterocycles. The van der Waals surface area contributed by atoms with Gasteiger partial charge in [-0.25, -0.2) is 0 Å². The van der Waals surface area contributed by atoms with Gasteiger partial charge in [0.25, 0.3) is 0 Å². The van der Waals surface area contributed by atoms with Crippen LogP contribution in [0.3, 0.4) is 0 Å². The molecule has 1 atom stereocenters. The van der Waals surface area contributed by atoms with E-state index in [0.717, 1.165) is 45.6 Å². The summed E-state index contributed by atoms with van der Waals surface area (Å²) in [5.41, 5.74) is 1.71. The molecule has 0 bridgehead atoms. The molecule has 0 spiro atoms. The van der Waals surface area contributed by atoms with E-state index < -0.39 is 0 Å². The predicted molar refractivity (Wildman–Crippen MR) is 102 cm³/mol. The van der Waals surface area contributed by atoms with Crippen LogP contribution in [0.1, 0.15) is 45.6 Å². The van der Waals surface area contributed by atoms with Crippen molar-refractivity contribution in [3.05, 3.63) is 35.9 Å². The van der Waals surface area contributed by atoms with Gasteiger partial charge in [-0.1, -0.05) is 37.3 Å². The number of rotatable bonds is 8. The lowest BCUT2D eigenvalue weighted by Crippen LogP contribution is -2.51. The normalized spacial score (nSPS) is 23.8. The molecular formula is C21H36N2O. The molecular weight excluding hydrogens is 296 g/mol. The SMILES string of the molecule is CCCN(Cc1ccccc1)C[C@]1(CN(C)C)CCOC(C)(C)C1. The maximum Gasteiger partial charge on any atom is 0.0632 e. The number of benzene rings is 1. The molecule has 0 aliphatic carbocycles. The highest BCUT2D eigenvalue weighted by Gasteiger charge is 2.42. The summed E-state index contributed by atoms with van der Waals surface area (Å²) in [4.78, 5) is 5.01. The fraction of sp³-hybridized carbons (Fsp3) is 0.714. The Labute approximate surface area is 149 Å². The van der Waals surface area contributed by atoms with Crippen molar-refractivity contribution in [3.63, 3.8) is 0 Å². The molecule has 24 heavy (non-hydrogen) atoms. The average molecular weight is 333 g/mol. The lowest BCUT2D eigenvalue weighted by molar-refractivity contribution is -0.117. The zero-order valence-electron chi connectivity index (χ0n) is 16.3. The summed E-state index contributed by atoms with van der Waals surface area (Å²) in [6, 6.07) is 10.9. The van der Waals surface area contributed by atoms with Gasteiger partial charge >= 0.3 is 0 Å². The molecule has 1 aromatic carbocycles. The Morgan fingerprint density at radius 3 is 2.38 bits per heavy atom. The van der Waals surface area contributed by atoms with Crippen LogP contribution in [0.15, 0.2) is 30.3 Å². The van der Waals surface area contributed by atoms with E-state index in [0.29, 0.717) is 5.41 Å². The second-order valence-electron chi connectivity index (χ2n) is 8.47. The first kappa shape index (κ1) is 19.4. The van der Waals surface area contributed by atoms with E-state index in [9.17, 15) is 0 Å². The molecule has 0 saturated carbocycles. The van der Waals surface area contributed by atoms with Crippen LogP contribution < -0.4 is 0 Å². The van der Waals surface area contributed by atoms with Crippen molar-refractivity contribution in [3.8, 4) is 0 Å². The molecule has 0 amide bonds. The Kier molecular flexibility index (Phi) is 6.85. The zero-order valence-corrected chi connectivity index (χ0v) is 16.3. The molecule has 1 aliphatic rings. The topological polar surface area (TPSA) is 15.7 Å². The molecule has 0 unspecified atom stereocenters. The van der Waals surface area contributed by atoms with Gasteiger partial charge < -0.3 is 9.64 Å². The third kappa shape index (κ3) is 5.87. The van der Waals surface area contributed by atoms with Gasteiger partial charge in [0.05, 0.1) is 5.60 Å². The molecule has 1 fully saturated rings. The van der Waals surface area contributed by atoms with Gasteiger partial charge in [-0.3, -0.25) is 4.90 Å². The molecule has 0 N–H and O–H groups in total. The number of hydrogen-bond acceptors (Lipinski definition) is 3. The fourth-order valence-corrected chi connectivity index (χ4v) is 4.42. The van der Waals surface area contributed by atoms with Crippen LogP contribution in [0.25, 0.3) is 0 Å². The first-order valence-electron chi connectivity index (χ1n) is 9.39. The van der Waals surface area contributed by atoms with Crippen molar-refractivity contribution in [2.75, 3.05) is 40.3 Å². The molecule has 3 heteroatoms. The van der Waals surface area contributed by atoms with Crippen molar-refractivity contribution < 1.29 is 4.74 Å². The predicted octanol–water partition coefficient (Wildman–Crippen LogP) is 4.04. The highest BCUT2D eigenvalue weighted by molar-refractivity contribution is 5.14. The van der Waals surface area contributed by atoms with Crippen molar-refractivity contribution in [1.29, 1.82) is 0 Å². The molecule has 136 valence electrons. The van der Waals surface area contributed by atoms with Crippen LogP contribution in [0.2, 0.25) is 0 Å². The molecule has 1 aliphatic heterocycles. The first-order valence-corrected chi connectivity index (χ1v) is 9.39. The van der Waals surface area contributed by atoms with Gasteiger partial charge in [0.2, 0.25) is 0 Å². The van der Waals surface area contributed by atoms with Gasteiger partial charge in [0, 0.05) is 31.7 Å². The largest absolute Gasteiger partial charge is 0.376 e. The fourth-order valence-electron chi connectivity index (χ4n) is 4.42. The zero-order chi connectivity index (χ0) is 17.6. The lowest BCUT2D eigenvalue weighted by Gasteiger charge is -2.48. The Morgan fingerprint density at radius 1 is 1.08 bits per heavy atom. The lowest BCUT2D eigenvalue weighted by atomic mass is 9.73. The summed E-state index contributed by atoms with van der Waals surface area (Å²) in [5, 5.41) is 0. The van der Waals surface area contributed by atoms with Crippen LogP contribution in [0.5, 0.6) is 0 Å². The molecule has 1 saturated heterocycles. The van der Waals surface area contributed by atoms with Gasteiger partial charge in [0.1, 0.15) is 0 Å². The third-order valence-corrected chi connectivity index (χ3v) is 4.93. The minimum absolute atomic E-state index is 0.0150. The van der Waals surface area contributed by atoms with Crippen molar-refractivity contribution >= 4 is 0 Å². The van der Waals surface area contributed by atoms with Crippen LogP contribution in [-0.2, 0) is 11.3 Å². The van der Waals surface area contributed by atoms with Crippen molar-refractivity contribution in [1.82, 2.24) is 9.80 Å². The van der Waals surface area contributed by atoms with Crippen LogP contribution in [0.4, 0.5) is 0 Å². The van der Waals surface area contributed by atoms with Crippen LogP contribution >= 0.6 is 0 Å². The summed E-state index contributed by atoms with van der Waals surface area (Å²) in [5.74, 6) is 0. The second-order valence-corrected chi connectivity index (χ2v) is 8.47. The van der Waals surface area contributed by atoms with Gasteiger partial charge in [-0.05, 0) is 59.3 Å². The van der Waals surface area contributed by atoms with Crippen LogP contribution in [-0.4, -0.2) is 55.7 Å². The van der Waals surface area contributed by atoms with E-state index in [1.54, 1.807) is 0 Å². The summed E-state index contributed by atoms with van der Waals surface area (Å²) in [6.07, 6.45) is 3.49. The average Bonchev–Trinajstić information content (AvgIpc) is 2.46. The highest BCUT2D eigenvalue weighted by Crippen LogP contribution is 2.40. The minimum Gasteiger partial charge on any atom is -0.376 e. The first-order chi connectivity index (χ1) is 11.3. The van der Waals surface area contributed by atoms with E-state index in [2.05, 4.69) is 75.0 Å². The summed E-state index contributed by atoms with van der Waals surface area (Å²) < 4.78 is 6.02. The summed E-state index contributed by atoms with van der Waals surface area (Å²) in [6.45, 7) is 12.2. The number of ether oxygens (including phenoxy) is 1. The monoisotopic (exact) mass is 332 g/mol. The van der Waals surface area contributed by atoms with E-state index in [4.69, 9.17) is 4.74 Å². The standard InChI is InChI=1S/C21H36N2O/c1-6-13-23(15-19-10-8-7-9-11-19)18-21(17-22(4)5)12-14-24-20(2,3)16-21/h7-11H,6,12-18H2,1-5H3/t21-/m1/s1. The minimum atomic E-state index is -0.0150. The Balaban J connectivity index is 2.14. The maximum atomic E-state index is 6.02. The molecule has 3 nitrogen and oxygen atoms in total. The Morgan fingerprint density at radius 2 is 1.79 bits per heavy atom. The Bertz CT molecular complexity index is 486. The van der Waals surface area contributed by atoms with E-state index >= 15 is 0 Å². The quantitative estimate of drug-likeness (QED) is 0.715. The smallest absolute Gasteiger partial charge is 0.0632 e. The van der Waals surface area contributed by atoms with Crippen LogP contribution in [0, 0.1) is 5.41 Å². The highest BCUT2D eigenvalue weighted by atomic mass is 16.5. The third-order valence-electron chi connectivity index (χ3n) is 4.93. The van der Waals surface area contributed by atoms with Crippen molar-refractivity contribution in [2.45, 2.75) is 52.2 Å². The molecule has 1 aromatic rings. The van der Waals surface area contributed by atoms with Gasteiger partial charge in [-0.15, -0.1) is 0 Å². The number of nitrogens with zero attached hydrogens (tertiary/aromatic N) is 2. The molecule has 0 radical (unpaired) electrons. The molecule has 2 rings (SSSR count). The van der Waals surface area contributed by atoms with E-state index in [-0.39, 0.29) is 5.60 Å². The number of hydrogen-bond donors (Lipinski definition) is 0. The maximum absolute atomic E-state index is 6.02. The van der Waals surface area contributed by atoms with E-state index in [1.807, 2.05) is 0 Å². The Hall–Kier alpha value is -0.900. The summed E-state index contributed by atoms with van der Waals surface area (Å²) >= 11 is 0.